The Morgan fingerprint density at radius 3 is 2.46 bits per heavy atom. The molecule has 1 amide bonds. The van der Waals surface area contributed by atoms with Gasteiger partial charge in [-0.2, -0.15) is 0 Å². The van der Waals surface area contributed by atoms with Gasteiger partial charge in [0.2, 0.25) is 0 Å². The van der Waals surface area contributed by atoms with Gasteiger partial charge in [-0.3, -0.25) is 9.59 Å². The second-order valence-electron chi connectivity index (χ2n) is 6.63. The molecule has 0 aliphatic carbocycles. The van der Waals surface area contributed by atoms with E-state index in [-0.39, 0.29) is 23.4 Å². The van der Waals surface area contributed by atoms with Crippen molar-refractivity contribution in [2.75, 3.05) is 5.32 Å². The molecule has 0 bridgehead atoms. The molecule has 2 aromatic carbocycles. The minimum atomic E-state index is -0.214. The summed E-state index contributed by atoms with van der Waals surface area (Å²) in [7, 11) is 0. The number of amides is 1. The fourth-order valence-electron chi connectivity index (χ4n) is 2.83. The Morgan fingerprint density at radius 2 is 1.85 bits per heavy atom. The Bertz CT molecular complexity index is 925. The number of aromatic hydroxyl groups is 1. The molecule has 134 valence electrons. The lowest BCUT2D eigenvalue weighted by Gasteiger charge is -2.07. The minimum absolute atomic E-state index is 0.0663. The van der Waals surface area contributed by atoms with E-state index in [1.54, 1.807) is 36.4 Å². The fraction of sp³-hybridized carbons (Fsp3) is 0.200. The summed E-state index contributed by atoms with van der Waals surface area (Å²) in [6, 6.07) is 8.75. The summed E-state index contributed by atoms with van der Waals surface area (Å²) in [6.07, 6.45) is 2.21. The Balaban J connectivity index is 2.04. The molecule has 2 aromatic rings. The lowest BCUT2D eigenvalue weighted by molar-refractivity contribution is -0.110. The third-order valence-electron chi connectivity index (χ3n) is 4.07. The maximum absolute atomic E-state index is 12.4. The topological polar surface area (TPSA) is 66.4 Å². The van der Waals surface area contributed by atoms with Crippen LogP contribution in [-0.4, -0.2) is 16.8 Å². The van der Waals surface area contributed by atoms with Gasteiger partial charge in [0.05, 0.1) is 8.95 Å². The summed E-state index contributed by atoms with van der Waals surface area (Å²) in [5.41, 5.74) is 3.25. The number of Topliss-reactive ketones (excluding diaryl/α,β-unsaturated/α-hetero) is 1. The van der Waals surface area contributed by atoms with Gasteiger partial charge in [-0.05, 0) is 79.7 Å². The van der Waals surface area contributed by atoms with Gasteiger partial charge in [-0.1, -0.05) is 13.8 Å². The average Bonchev–Trinajstić information content (AvgIpc) is 2.87. The SMILES string of the molecule is CC(C)CC(=O)c1ccc2c(c1)/C(=C/c1cc(Br)c(O)c(Br)c1)C(=O)N2. The lowest BCUT2D eigenvalue weighted by atomic mass is 9.97. The van der Waals surface area contributed by atoms with Crippen LogP contribution in [-0.2, 0) is 4.79 Å². The molecular formula is C20H17Br2NO3. The van der Waals surface area contributed by atoms with Crippen molar-refractivity contribution in [3.05, 3.63) is 56.0 Å². The van der Waals surface area contributed by atoms with Gasteiger partial charge in [0.1, 0.15) is 5.75 Å². The van der Waals surface area contributed by atoms with Crippen molar-refractivity contribution in [2.24, 2.45) is 5.92 Å². The smallest absolute Gasteiger partial charge is 0.256 e. The van der Waals surface area contributed by atoms with E-state index in [2.05, 4.69) is 37.2 Å². The highest BCUT2D eigenvalue weighted by Gasteiger charge is 2.25. The van der Waals surface area contributed by atoms with Crippen LogP contribution < -0.4 is 5.32 Å². The van der Waals surface area contributed by atoms with Gasteiger partial charge >= 0.3 is 0 Å². The van der Waals surface area contributed by atoms with Crippen molar-refractivity contribution in [2.45, 2.75) is 20.3 Å². The molecule has 1 aliphatic heterocycles. The van der Waals surface area contributed by atoms with Crippen molar-refractivity contribution >= 4 is 60.9 Å². The fourth-order valence-corrected chi connectivity index (χ4v) is 4.05. The lowest BCUT2D eigenvalue weighted by Crippen LogP contribution is -2.03. The van der Waals surface area contributed by atoms with Crippen molar-refractivity contribution in [3.63, 3.8) is 0 Å². The molecule has 6 heteroatoms. The minimum Gasteiger partial charge on any atom is -0.506 e. The molecule has 3 rings (SSSR count). The first kappa shape index (κ1) is 18.9. The Morgan fingerprint density at radius 1 is 1.19 bits per heavy atom. The summed E-state index contributed by atoms with van der Waals surface area (Å²) in [5.74, 6) is 0.229. The molecule has 1 aliphatic rings. The van der Waals surface area contributed by atoms with Crippen molar-refractivity contribution in [1.29, 1.82) is 0 Å². The molecular weight excluding hydrogens is 462 g/mol. The van der Waals surface area contributed by atoms with Gasteiger partial charge in [-0.15, -0.1) is 0 Å². The maximum Gasteiger partial charge on any atom is 0.256 e. The van der Waals surface area contributed by atoms with E-state index in [9.17, 15) is 14.7 Å². The predicted octanol–water partition coefficient (Wildman–Crippen LogP) is 5.64. The number of hydrogen-bond donors (Lipinski definition) is 2. The summed E-state index contributed by atoms with van der Waals surface area (Å²) in [4.78, 5) is 24.8. The number of fused-ring (bicyclic) bond motifs is 1. The van der Waals surface area contributed by atoms with Crippen molar-refractivity contribution in [1.82, 2.24) is 0 Å². The quantitative estimate of drug-likeness (QED) is 0.441. The number of benzene rings is 2. The average molecular weight is 479 g/mol. The van der Waals surface area contributed by atoms with E-state index in [0.29, 0.717) is 37.8 Å². The normalized spacial score (nSPS) is 14.7. The molecule has 0 unspecified atom stereocenters. The molecule has 1 heterocycles. The summed E-state index contributed by atoms with van der Waals surface area (Å²) in [5, 5.41) is 12.7. The molecule has 2 N–H and O–H groups in total. The van der Waals surface area contributed by atoms with Crippen LogP contribution in [0.2, 0.25) is 0 Å². The van der Waals surface area contributed by atoms with Gasteiger partial charge in [0.25, 0.3) is 5.91 Å². The Labute approximate surface area is 168 Å². The van der Waals surface area contributed by atoms with Crippen LogP contribution >= 0.6 is 31.9 Å². The molecule has 0 saturated carbocycles. The summed E-state index contributed by atoms with van der Waals surface area (Å²) >= 11 is 6.58. The van der Waals surface area contributed by atoms with E-state index < -0.39 is 0 Å². The van der Waals surface area contributed by atoms with E-state index >= 15 is 0 Å². The monoisotopic (exact) mass is 477 g/mol. The number of hydrogen-bond acceptors (Lipinski definition) is 3. The molecule has 0 aromatic heterocycles. The first-order valence-corrected chi connectivity index (χ1v) is 9.73. The first-order valence-electron chi connectivity index (χ1n) is 8.15. The second-order valence-corrected chi connectivity index (χ2v) is 8.34. The zero-order chi connectivity index (χ0) is 19.0. The van der Waals surface area contributed by atoms with Crippen LogP contribution in [0.3, 0.4) is 0 Å². The predicted molar refractivity (Wildman–Crippen MR) is 110 cm³/mol. The van der Waals surface area contributed by atoms with Gasteiger partial charge < -0.3 is 10.4 Å². The maximum atomic E-state index is 12.4. The molecule has 0 fully saturated rings. The van der Waals surface area contributed by atoms with E-state index in [4.69, 9.17) is 0 Å². The van der Waals surface area contributed by atoms with Crippen LogP contribution in [0, 0.1) is 5.92 Å². The van der Waals surface area contributed by atoms with E-state index in [1.165, 1.54) is 0 Å². The number of anilines is 1. The first-order chi connectivity index (χ1) is 12.3. The molecule has 0 radical (unpaired) electrons. The second kappa shape index (κ2) is 7.37. The van der Waals surface area contributed by atoms with Gasteiger partial charge in [0.15, 0.2) is 5.78 Å². The highest BCUT2D eigenvalue weighted by molar-refractivity contribution is 9.11. The molecule has 26 heavy (non-hydrogen) atoms. The number of phenolic OH excluding ortho intramolecular Hbond substituents is 1. The van der Waals surface area contributed by atoms with Crippen LogP contribution in [0.1, 0.15) is 41.8 Å². The number of rotatable bonds is 4. The van der Waals surface area contributed by atoms with Crippen molar-refractivity contribution in [3.8, 4) is 5.75 Å². The molecule has 0 spiro atoms. The van der Waals surface area contributed by atoms with Crippen molar-refractivity contribution < 1.29 is 14.7 Å². The largest absolute Gasteiger partial charge is 0.506 e. The van der Waals surface area contributed by atoms with Crippen LogP contribution in [0.4, 0.5) is 5.69 Å². The van der Waals surface area contributed by atoms with Crippen LogP contribution in [0.25, 0.3) is 11.6 Å². The standard InChI is InChI=1S/C20H17Br2NO3/c1-10(2)5-18(24)12-3-4-17-13(9-12)14(20(26)23-17)6-11-7-15(21)19(25)16(22)8-11/h3-4,6-10,25H,5H2,1-2H3,(H,23,26)/b14-6-. The number of ketones is 1. The Kier molecular flexibility index (Phi) is 5.34. The molecule has 0 saturated heterocycles. The zero-order valence-electron chi connectivity index (χ0n) is 14.3. The van der Waals surface area contributed by atoms with E-state index in [1.807, 2.05) is 13.8 Å². The van der Waals surface area contributed by atoms with Gasteiger partial charge in [-0.25, -0.2) is 0 Å². The van der Waals surface area contributed by atoms with Crippen LogP contribution in [0.15, 0.2) is 39.3 Å². The number of carbonyl (C=O) groups excluding carboxylic acids is 2. The highest BCUT2D eigenvalue weighted by atomic mass is 79.9. The zero-order valence-corrected chi connectivity index (χ0v) is 17.4. The van der Waals surface area contributed by atoms with Gasteiger partial charge in [0, 0.05) is 28.8 Å². The third kappa shape index (κ3) is 3.76. The number of carbonyl (C=O) groups is 2. The number of halogens is 2. The highest BCUT2D eigenvalue weighted by Crippen LogP contribution is 2.37. The third-order valence-corrected chi connectivity index (χ3v) is 5.28. The summed E-state index contributed by atoms with van der Waals surface area (Å²) in [6.45, 7) is 4.00. The number of nitrogens with one attached hydrogen (secondary N) is 1. The summed E-state index contributed by atoms with van der Waals surface area (Å²) < 4.78 is 1.05. The molecule has 4 nitrogen and oxygen atoms in total. The Hall–Kier alpha value is -1.92. The van der Waals surface area contributed by atoms with Crippen LogP contribution in [0.5, 0.6) is 5.75 Å². The van der Waals surface area contributed by atoms with E-state index in [0.717, 1.165) is 5.56 Å². The number of phenols is 1. The molecule has 0 atom stereocenters.